The molecule has 0 spiro atoms. The van der Waals surface area contributed by atoms with Crippen molar-refractivity contribution in [1.82, 2.24) is 9.88 Å². The Morgan fingerprint density at radius 2 is 2.03 bits per heavy atom. The molecule has 7 nitrogen and oxygen atoms in total. The van der Waals surface area contributed by atoms with E-state index in [0.29, 0.717) is 15.4 Å². The van der Waals surface area contributed by atoms with Gasteiger partial charge in [-0.3, -0.25) is 9.59 Å². The average Bonchev–Trinajstić information content (AvgIpc) is 2.65. The summed E-state index contributed by atoms with van der Waals surface area (Å²) in [5, 5.41) is 11.4. The fraction of sp³-hybridized carbons (Fsp3) is 0.350. The largest absolute Gasteiger partial charge is 0.348 e. The highest BCUT2D eigenvalue weighted by Gasteiger charge is 2.24. The maximum Gasteiger partial charge on any atom is 0.257 e. The Labute approximate surface area is 178 Å². The number of nitrogens with zero attached hydrogens (tertiary/aromatic N) is 3. The van der Waals surface area contributed by atoms with Crippen LogP contribution in [-0.2, 0) is 16.3 Å². The first kappa shape index (κ1) is 21.3. The topological polar surface area (TPSA) is 104 Å². The standard InChI is InChI=1S/C20H21BrN4O3S/c1-13-18(21)19(26)17(11-25(13)15-4-3-5-15)20(27)23-10-14-6-8-16(9-7-14)29(2,28)24-12-22/h6-9,11,15H,3-5,10H2,1-2H3,(H,23,27)/t29-/m1/s1. The molecule has 0 bridgehead atoms. The monoisotopic (exact) mass is 476 g/mol. The number of carbonyl (C=O) groups excluding carboxylic acids is 1. The molecular formula is C20H21BrN4O3S. The van der Waals surface area contributed by atoms with Crippen molar-refractivity contribution >= 4 is 31.6 Å². The van der Waals surface area contributed by atoms with Crippen LogP contribution >= 0.6 is 15.9 Å². The smallest absolute Gasteiger partial charge is 0.257 e. The molecule has 29 heavy (non-hydrogen) atoms. The number of aromatic nitrogens is 1. The Balaban J connectivity index is 1.77. The van der Waals surface area contributed by atoms with E-state index in [1.807, 2.05) is 11.5 Å². The van der Waals surface area contributed by atoms with Crippen LogP contribution in [0, 0.1) is 18.4 Å². The Morgan fingerprint density at radius 1 is 1.38 bits per heavy atom. The van der Waals surface area contributed by atoms with Gasteiger partial charge in [0.15, 0.2) is 0 Å². The maximum absolute atomic E-state index is 12.7. The molecular weight excluding hydrogens is 456 g/mol. The molecule has 9 heteroatoms. The van der Waals surface area contributed by atoms with Gasteiger partial charge in [0.1, 0.15) is 5.56 Å². The molecule has 152 valence electrons. The van der Waals surface area contributed by atoms with Gasteiger partial charge in [-0.15, -0.1) is 4.36 Å². The van der Waals surface area contributed by atoms with E-state index in [-0.39, 0.29) is 17.5 Å². The fourth-order valence-electron chi connectivity index (χ4n) is 3.16. The third-order valence-electron chi connectivity index (χ3n) is 5.16. The first-order valence-corrected chi connectivity index (χ1v) is 11.8. The highest BCUT2D eigenvalue weighted by atomic mass is 79.9. The highest BCUT2D eigenvalue weighted by molar-refractivity contribution is 9.10. The van der Waals surface area contributed by atoms with E-state index >= 15 is 0 Å². The summed E-state index contributed by atoms with van der Waals surface area (Å²) >= 11 is 3.33. The minimum Gasteiger partial charge on any atom is -0.348 e. The van der Waals surface area contributed by atoms with E-state index in [1.165, 1.54) is 6.26 Å². The molecule has 0 radical (unpaired) electrons. The van der Waals surface area contributed by atoms with E-state index in [4.69, 9.17) is 5.26 Å². The number of pyridine rings is 1. The Hall–Kier alpha value is -2.44. The van der Waals surface area contributed by atoms with Gasteiger partial charge < -0.3 is 9.88 Å². The van der Waals surface area contributed by atoms with Crippen molar-refractivity contribution in [2.75, 3.05) is 6.26 Å². The third-order valence-corrected chi connectivity index (χ3v) is 7.67. The van der Waals surface area contributed by atoms with Gasteiger partial charge in [0.2, 0.25) is 11.6 Å². The zero-order chi connectivity index (χ0) is 21.2. The molecule has 1 fully saturated rings. The van der Waals surface area contributed by atoms with E-state index < -0.39 is 15.6 Å². The fourth-order valence-corrected chi connectivity index (χ4v) is 4.48. The average molecular weight is 477 g/mol. The van der Waals surface area contributed by atoms with Crippen LogP contribution in [0.1, 0.15) is 46.9 Å². The van der Waals surface area contributed by atoms with Gasteiger partial charge in [0, 0.05) is 35.6 Å². The van der Waals surface area contributed by atoms with Crippen molar-refractivity contribution in [1.29, 1.82) is 5.26 Å². The van der Waals surface area contributed by atoms with Gasteiger partial charge >= 0.3 is 0 Å². The van der Waals surface area contributed by atoms with Crippen molar-refractivity contribution in [3.8, 4) is 6.19 Å². The second-order valence-electron chi connectivity index (χ2n) is 7.08. The quantitative estimate of drug-likeness (QED) is 0.666. The number of nitrogens with one attached hydrogen (secondary N) is 1. The Bertz CT molecular complexity index is 1170. The van der Waals surface area contributed by atoms with Crippen molar-refractivity contribution < 1.29 is 9.00 Å². The van der Waals surface area contributed by atoms with Crippen LogP contribution in [0.4, 0.5) is 0 Å². The molecule has 1 amide bonds. The van der Waals surface area contributed by atoms with E-state index in [2.05, 4.69) is 25.6 Å². The lowest BCUT2D eigenvalue weighted by Crippen LogP contribution is -2.32. The van der Waals surface area contributed by atoms with Crippen molar-refractivity contribution in [2.45, 2.75) is 43.7 Å². The zero-order valence-electron chi connectivity index (χ0n) is 16.1. The summed E-state index contributed by atoms with van der Waals surface area (Å²) in [4.78, 5) is 25.6. The van der Waals surface area contributed by atoms with E-state index in [0.717, 1.165) is 30.5 Å². The summed E-state index contributed by atoms with van der Waals surface area (Å²) in [6.45, 7) is 2.09. The van der Waals surface area contributed by atoms with Crippen LogP contribution < -0.4 is 10.7 Å². The summed E-state index contributed by atoms with van der Waals surface area (Å²) in [6.07, 6.45) is 7.86. The van der Waals surface area contributed by atoms with Crippen LogP contribution in [0.15, 0.2) is 49.0 Å². The number of hydrogen-bond donors (Lipinski definition) is 1. The van der Waals surface area contributed by atoms with Crippen LogP contribution in [0.2, 0.25) is 0 Å². The van der Waals surface area contributed by atoms with Gasteiger partial charge in [0.05, 0.1) is 14.2 Å². The first-order chi connectivity index (χ1) is 13.7. The zero-order valence-corrected chi connectivity index (χ0v) is 18.5. The minimum absolute atomic E-state index is 0.107. The minimum atomic E-state index is -2.75. The molecule has 1 atom stereocenters. The third kappa shape index (κ3) is 4.43. The highest BCUT2D eigenvalue weighted by Crippen LogP contribution is 2.33. The Kier molecular flexibility index (Phi) is 6.24. The number of rotatable bonds is 5. The van der Waals surface area contributed by atoms with Crippen LogP contribution in [0.25, 0.3) is 0 Å². The SMILES string of the molecule is Cc1c(Br)c(=O)c(C(=O)NCc2ccc([S@@](C)(=O)=NC#N)cc2)cn1C1CCC1. The van der Waals surface area contributed by atoms with Crippen molar-refractivity contribution in [2.24, 2.45) is 4.36 Å². The van der Waals surface area contributed by atoms with Gasteiger partial charge in [0.25, 0.3) is 5.91 Å². The second-order valence-corrected chi connectivity index (χ2v) is 10.1. The summed E-state index contributed by atoms with van der Waals surface area (Å²) in [7, 11) is -2.75. The number of nitriles is 1. The lowest BCUT2D eigenvalue weighted by molar-refractivity contribution is 0.0948. The molecule has 0 aliphatic heterocycles. The molecule has 0 unspecified atom stereocenters. The van der Waals surface area contributed by atoms with Gasteiger partial charge in [-0.25, -0.2) is 4.21 Å². The lowest BCUT2D eigenvalue weighted by atomic mass is 9.92. The molecule has 2 aromatic rings. The maximum atomic E-state index is 12.7. The number of carbonyl (C=O) groups is 1. The molecule has 0 saturated heterocycles. The Morgan fingerprint density at radius 3 is 2.59 bits per heavy atom. The summed E-state index contributed by atoms with van der Waals surface area (Å²) in [6, 6.07) is 6.99. The van der Waals surface area contributed by atoms with Gasteiger partial charge in [-0.1, -0.05) is 12.1 Å². The number of amides is 1. The molecule has 3 rings (SSSR count). The lowest BCUT2D eigenvalue weighted by Gasteiger charge is -2.31. The van der Waals surface area contributed by atoms with Crippen LogP contribution in [-0.4, -0.2) is 20.9 Å². The second kappa shape index (κ2) is 8.51. The van der Waals surface area contributed by atoms with Gasteiger partial charge in [-0.2, -0.15) is 5.26 Å². The summed E-state index contributed by atoms with van der Waals surface area (Å²) in [5.74, 6) is -0.438. The normalized spacial score (nSPS) is 15.7. The first-order valence-electron chi connectivity index (χ1n) is 9.13. The van der Waals surface area contributed by atoms with Crippen LogP contribution in [0.5, 0.6) is 0 Å². The number of halogens is 1. The molecule has 1 N–H and O–H groups in total. The van der Waals surface area contributed by atoms with Crippen molar-refractivity contribution in [3.63, 3.8) is 0 Å². The van der Waals surface area contributed by atoms with Gasteiger partial charge in [-0.05, 0) is 59.8 Å². The molecule has 1 aliphatic carbocycles. The van der Waals surface area contributed by atoms with E-state index in [1.54, 1.807) is 36.7 Å². The number of hydrogen-bond acceptors (Lipinski definition) is 5. The molecule has 1 aromatic heterocycles. The molecule has 1 heterocycles. The summed E-state index contributed by atoms with van der Waals surface area (Å²) in [5.41, 5.74) is 1.39. The molecule has 1 aliphatic rings. The predicted molar refractivity (Wildman–Crippen MR) is 114 cm³/mol. The number of benzene rings is 1. The predicted octanol–water partition coefficient (Wildman–Crippen LogP) is 3.51. The summed E-state index contributed by atoms with van der Waals surface area (Å²) < 4.78 is 18.1. The van der Waals surface area contributed by atoms with Crippen molar-refractivity contribution in [3.05, 3.63) is 62.0 Å². The van der Waals surface area contributed by atoms with E-state index in [9.17, 15) is 13.8 Å². The van der Waals surface area contributed by atoms with Crippen LogP contribution in [0.3, 0.4) is 0 Å². The molecule has 1 aromatic carbocycles. The molecule has 1 saturated carbocycles.